The molecule has 1 amide bonds. The number of halogens is 1. The van der Waals surface area contributed by atoms with Crippen molar-refractivity contribution in [2.75, 3.05) is 5.32 Å². The average Bonchev–Trinajstić information content (AvgIpc) is 3.31. The van der Waals surface area contributed by atoms with E-state index >= 15 is 0 Å². The molecule has 33 heavy (non-hydrogen) atoms. The molecule has 1 saturated carbocycles. The maximum absolute atomic E-state index is 14.8. The van der Waals surface area contributed by atoms with Crippen molar-refractivity contribution < 1.29 is 9.18 Å². The number of hydrogen-bond acceptors (Lipinski definition) is 5. The number of carbonyl (C=O) groups excluding carboxylic acids is 1. The van der Waals surface area contributed by atoms with E-state index in [1.54, 1.807) is 18.5 Å². The fraction of sp³-hybridized carbons (Fsp3) is 0.280. The Balaban J connectivity index is 1.42. The minimum atomic E-state index is -0.572. The third-order valence-corrected chi connectivity index (χ3v) is 6.69. The first-order valence-electron chi connectivity index (χ1n) is 11.0. The first kappa shape index (κ1) is 21.5. The van der Waals surface area contributed by atoms with Gasteiger partial charge in [0.1, 0.15) is 11.6 Å². The Morgan fingerprint density at radius 1 is 1.27 bits per heavy atom. The Labute approximate surface area is 195 Å². The summed E-state index contributed by atoms with van der Waals surface area (Å²) in [7, 11) is 0. The Morgan fingerprint density at radius 2 is 2.09 bits per heavy atom. The van der Waals surface area contributed by atoms with Crippen molar-refractivity contribution in [2.45, 2.75) is 45.4 Å². The number of imidazole rings is 1. The highest BCUT2D eigenvalue weighted by Crippen LogP contribution is 2.39. The number of benzene rings is 1. The zero-order valence-corrected chi connectivity index (χ0v) is 19.5. The number of anilines is 1. The lowest BCUT2D eigenvalue weighted by molar-refractivity contribution is 0.102. The van der Waals surface area contributed by atoms with Crippen LogP contribution in [0.4, 0.5) is 10.2 Å². The van der Waals surface area contributed by atoms with Gasteiger partial charge in [0.15, 0.2) is 0 Å². The average molecular weight is 462 g/mol. The van der Waals surface area contributed by atoms with Crippen LogP contribution in [0.1, 0.15) is 65.7 Å². The van der Waals surface area contributed by atoms with E-state index < -0.39 is 11.7 Å². The molecule has 1 fully saturated rings. The van der Waals surface area contributed by atoms with Gasteiger partial charge in [-0.25, -0.2) is 18.7 Å². The number of aryl methyl sites for hydroxylation is 1. The van der Waals surface area contributed by atoms with Crippen LogP contribution < -0.4 is 5.32 Å². The summed E-state index contributed by atoms with van der Waals surface area (Å²) in [5.41, 5.74) is 4.30. The number of rotatable bonds is 6. The summed E-state index contributed by atoms with van der Waals surface area (Å²) >= 11 is 1.37. The normalized spacial score (nSPS) is 13.5. The lowest BCUT2D eigenvalue weighted by atomic mass is 10.0. The lowest BCUT2D eigenvalue weighted by Gasteiger charge is -2.12. The summed E-state index contributed by atoms with van der Waals surface area (Å²) in [5.74, 6) is 0.0671. The highest BCUT2D eigenvalue weighted by Gasteiger charge is 2.26. The third kappa shape index (κ3) is 4.30. The van der Waals surface area contributed by atoms with E-state index in [4.69, 9.17) is 0 Å². The van der Waals surface area contributed by atoms with Crippen molar-refractivity contribution >= 4 is 23.3 Å². The number of pyridine rings is 1. The van der Waals surface area contributed by atoms with Crippen molar-refractivity contribution in [3.63, 3.8) is 0 Å². The molecule has 0 radical (unpaired) electrons. The van der Waals surface area contributed by atoms with E-state index in [0.29, 0.717) is 17.7 Å². The van der Waals surface area contributed by atoms with Crippen molar-refractivity contribution in [1.82, 2.24) is 18.9 Å². The van der Waals surface area contributed by atoms with Gasteiger partial charge in [0.25, 0.3) is 5.91 Å². The third-order valence-electron chi connectivity index (χ3n) is 5.85. The van der Waals surface area contributed by atoms with Gasteiger partial charge in [-0.2, -0.15) is 0 Å². The molecule has 6 nitrogen and oxygen atoms in total. The van der Waals surface area contributed by atoms with Crippen molar-refractivity contribution in [1.29, 1.82) is 0 Å². The number of nitrogens with one attached hydrogen (secondary N) is 1. The topological polar surface area (TPSA) is 72.7 Å². The van der Waals surface area contributed by atoms with E-state index in [-0.39, 0.29) is 5.56 Å². The second-order valence-corrected chi connectivity index (χ2v) is 9.53. The first-order chi connectivity index (χ1) is 15.9. The summed E-state index contributed by atoms with van der Waals surface area (Å²) in [6.07, 6.45) is 7.85. The molecule has 8 heteroatoms. The molecular formula is C25H24FN5OS. The largest absolute Gasteiger partial charge is 0.306 e. The molecule has 0 atom stereocenters. The number of nitrogens with zero attached hydrogens (tertiary/aromatic N) is 4. The molecular weight excluding hydrogens is 437 g/mol. The molecule has 1 N–H and O–H groups in total. The highest BCUT2D eigenvalue weighted by molar-refractivity contribution is 7.09. The Hall–Kier alpha value is -3.39. The van der Waals surface area contributed by atoms with Gasteiger partial charge >= 0.3 is 0 Å². The van der Waals surface area contributed by atoms with E-state index in [2.05, 4.69) is 33.5 Å². The molecule has 0 saturated heterocycles. The molecule has 1 aromatic carbocycles. The summed E-state index contributed by atoms with van der Waals surface area (Å²) < 4.78 is 20.9. The molecule has 1 aliphatic rings. The monoisotopic (exact) mass is 461 g/mol. The van der Waals surface area contributed by atoms with Gasteiger partial charge in [-0.15, -0.1) is 0 Å². The van der Waals surface area contributed by atoms with Gasteiger partial charge in [-0.3, -0.25) is 4.79 Å². The fourth-order valence-electron chi connectivity index (χ4n) is 3.84. The van der Waals surface area contributed by atoms with Crippen LogP contribution in [0.15, 0.2) is 49.1 Å². The van der Waals surface area contributed by atoms with Gasteiger partial charge in [-0.05, 0) is 72.6 Å². The molecule has 3 aromatic heterocycles. The van der Waals surface area contributed by atoms with Gasteiger partial charge in [0, 0.05) is 18.3 Å². The SMILES string of the molecule is Cc1cc(F)c(C(=O)Nc2cccc(-c3sncc3C(C)C)n2)cc1-n1cnc(C2CC2)c1. The Bertz CT molecular complexity index is 1340. The van der Waals surface area contributed by atoms with E-state index in [1.807, 2.05) is 36.0 Å². The van der Waals surface area contributed by atoms with Crippen LogP contribution in [-0.4, -0.2) is 24.8 Å². The molecule has 0 unspecified atom stereocenters. The van der Waals surface area contributed by atoms with Crippen LogP contribution >= 0.6 is 11.5 Å². The molecule has 168 valence electrons. The second kappa shape index (κ2) is 8.51. The van der Waals surface area contributed by atoms with Gasteiger partial charge in [0.2, 0.25) is 0 Å². The van der Waals surface area contributed by atoms with Crippen LogP contribution in [0.25, 0.3) is 16.3 Å². The molecule has 5 rings (SSSR count). The maximum atomic E-state index is 14.8. The second-order valence-electron chi connectivity index (χ2n) is 8.73. The van der Waals surface area contributed by atoms with Crippen LogP contribution in [-0.2, 0) is 0 Å². The number of carbonyl (C=O) groups is 1. The van der Waals surface area contributed by atoms with E-state index in [9.17, 15) is 9.18 Å². The Kier molecular flexibility index (Phi) is 5.54. The van der Waals surface area contributed by atoms with Crippen molar-refractivity contribution in [2.24, 2.45) is 0 Å². The summed E-state index contributed by atoms with van der Waals surface area (Å²) in [4.78, 5) is 23.0. The fourth-order valence-corrected chi connectivity index (χ4v) is 4.71. The summed E-state index contributed by atoms with van der Waals surface area (Å²) in [6.45, 7) is 6.03. The highest BCUT2D eigenvalue weighted by atomic mass is 32.1. The van der Waals surface area contributed by atoms with Crippen LogP contribution in [0.2, 0.25) is 0 Å². The number of aromatic nitrogens is 4. The van der Waals surface area contributed by atoms with Gasteiger partial charge < -0.3 is 9.88 Å². The molecule has 0 bridgehead atoms. The molecule has 0 aliphatic heterocycles. The minimum Gasteiger partial charge on any atom is -0.306 e. The van der Waals surface area contributed by atoms with E-state index in [0.717, 1.165) is 45.9 Å². The van der Waals surface area contributed by atoms with Crippen molar-refractivity contribution in [3.8, 4) is 16.3 Å². The number of hydrogen-bond donors (Lipinski definition) is 1. The maximum Gasteiger partial charge on any atom is 0.259 e. The van der Waals surface area contributed by atoms with Crippen LogP contribution in [0.5, 0.6) is 0 Å². The van der Waals surface area contributed by atoms with Gasteiger partial charge in [0.05, 0.1) is 33.8 Å². The van der Waals surface area contributed by atoms with E-state index in [1.165, 1.54) is 17.6 Å². The molecule has 4 aromatic rings. The van der Waals surface area contributed by atoms with Crippen molar-refractivity contribution in [3.05, 3.63) is 77.3 Å². The minimum absolute atomic E-state index is 0.0369. The smallest absolute Gasteiger partial charge is 0.259 e. The van der Waals surface area contributed by atoms with Gasteiger partial charge in [-0.1, -0.05) is 19.9 Å². The summed E-state index contributed by atoms with van der Waals surface area (Å²) in [6, 6.07) is 8.36. The lowest BCUT2D eigenvalue weighted by Crippen LogP contribution is -2.16. The standard InChI is InChI=1S/C25H24FN5OS/c1-14(2)18-11-28-33-24(18)20-5-4-6-23(29-20)30-25(32)17-10-22(15(3)9-19(17)26)31-12-21(27-13-31)16-7-8-16/h4-6,9-14,16H,7-8H2,1-3H3,(H,29,30,32). The van der Waals surface area contributed by atoms with Crippen LogP contribution in [0, 0.1) is 12.7 Å². The van der Waals surface area contributed by atoms with Crippen LogP contribution in [0.3, 0.4) is 0 Å². The zero-order chi connectivity index (χ0) is 23.1. The quantitative estimate of drug-likeness (QED) is 0.377. The number of amides is 1. The summed E-state index contributed by atoms with van der Waals surface area (Å²) in [5, 5.41) is 2.75. The Morgan fingerprint density at radius 3 is 2.85 bits per heavy atom. The molecule has 3 heterocycles. The molecule has 1 aliphatic carbocycles. The first-order valence-corrected chi connectivity index (χ1v) is 11.8. The predicted molar refractivity (Wildman–Crippen MR) is 128 cm³/mol. The zero-order valence-electron chi connectivity index (χ0n) is 18.7. The molecule has 0 spiro atoms. The predicted octanol–water partition coefficient (Wildman–Crippen LogP) is 6.09.